The van der Waals surface area contributed by atoms with Gasteiger partial charge in [-0.3, -0.25) is 14.4 Å². The molecule has 1 unspecified atom stereocenters. The Morgan fingerprint density at radius 3 is 1.10 bits per heavy atom. The van der Waals surface area contributed by atoms with Crippen LogP contribution < -0.4 is 5.32 Å². The molecule has 0 aromatic rings. The number of hydrogen-bond donors (Lipinski definition) is 2. The summed E-state index contributed by atoms with van der Waals surface area (Å²) < 4.78 is 6.07. The summed E-state index contributed by atoms with van der Waals surface area (Å²) in [7, 11) is 0. The van der Waals surface area contributed by atoms with Gasteiger partial charge in [-0.15, -0.1) is 0 Å². The summed E-state index contributed by atoms with van der Waals surface area (Å²) in [4.78, 5) is 35.2. The average Bonchev–Trinajstić information content (AvgIpc) is 3.21. The summed E-state index contributed by atoms with van der Waals surface area (Å²) in [5.41, 5.74) is 0. The number of esters is 1. The Balaban J connectivity index is 4.00. The number of allylic oxidation sites excluding steroid dienone is 2. The van der Waals surface area contributed by atoms with Crippen LogP contribution in [-0.2, 0) is 19.1 Å². The highest BCUT2D eigenvalue weighted by molar-refractivity contribution is 5.80. The van der Waals surface area contributed by atoms with Gasteiger partial charge in [-0.2, -0.15) is 0 Å². The lowest BCUT2D eigenvalue weighted by Crippen LogP contribution is -2.28. The first-order valence-electron chi connectivity index (χ1n) is 25.8. The lowest BCUT2D eigenvalue weighted by atomic mass is 10.0. The normalized spacial score (nSPS) is 12.0. The van der Waals surface area contributed by atoms with Gasteiger partial charge >= 0.3 is 11.9 Å². The van der Waals surface area contributed by atoms with Crippen LogP contribution in [0, 0.1) is 0 Å². The molecule has 0 rings (SSSR count). The van der Waals surface area contributed by atoms with Gasteiger partial charge in [-0.05, 0) is 64.2 Å². The van der Waals surface area contributed by atoms with Crippen molar-refractivity contribution in [3.63, 3.8) is 0 Å². The van der Waals surface area contributed by atoms with Crippen molar-refractivity contribution >= 4 is 17.8 Å². The number of carbonyl (C=O) groups excluding carboxylic acids is 2. The Morgan fingerprint density at radius 2 is 0.741 bits per heavy atom. The van der Waals surface area contributed by atoms with Crippen molar-refractivity contribution in [3.8, 4) is 0 Å². The molecule has 0 aromatic carbocycles. The molecular formula is C52H99NO5. The van der Waals surface area contributed by atoms with Crippen LogP contribution in [0.15, 0.2) is 12.2 Å². The molecule has 0 radical (unpaired) electrons. The van der Waals surface area contributed by atoms with E-state index in [-0.39, 0.29) is 24.5 Å². The number of aliphatic carboxylic acids is 1. The summed E-state index contributed by atoms with van der Waals surface area (Å²) in [6, 6.07) is 0. The standard InChI is InChI=1S/C52H99NO5/c1-3-5-7-9-11-13-15-17-18-19-20-21-22-23-24-25-26-28-30-32-34-39-43-47-52(57)58-49(45-41-37-35-38-42-46-50(54)53-48-51(55)56)44-40-36-33-31-29-27-16-14-12-10-8-6-4-2/h19-20,49H,3-18,21-48H2,1-2H3,(H,53,54)(H,55,56)/b20-19-. The molecule has 58 heavy (non-hydrogen) atoms. The Kier molecular flexibility index (Phi) is 46.3. The van der Waals surface area contributed by atoms with E-state index in [2.05, 4.69) is 31.3 Å². The summed E-state index contributed by atoms with van der Waals surface area (Å²) in [5.74, 6) is -1.21. The maximum Gasteiger partial charge on any atom is 0.322 e. The Hall–Kier alpha value is -1.85. The summed E-state index contributed by atoms with van der Waals surface area (Å²) in [6.07, 6.45) is 57.9. The van der Waals surface area contributed by atoms with Gasteiger partial charge in [-0.25, -0.2) is 0 Å². The van der Waals surface area contributed by atoms with Crippen molar-refractivity contribution in [2.75, 3.05) is 6.54 Å². The molecule has 0 saturated carbocycles. The first-order valence-corrected chi connectivity index (χ1v) is 25.8. The van der Waals surface area contributed by atoms with E-state index in [1.54, 1.807) is 0 Å². The number of rotatable bonds is 48. The van der Waals surface area contributed by atoms with Gasteiger partial charge in [0.25, 0.3) is 0 Å². The quantitative estimate of drug-likeness (QED) is 0.0362. The highest BCUT2D eigenvalue weighted by Crippen LogP contribution is 2.20. The number of carboxylic acids is 1. The van der Waals surface area contributed by atoms with Gasteiger partial charge in [0.15, 0.2) is 0 Å². The zero-order valence-corrected chi connectivity index (χ0v) is 38.9. The molecule has 0 aromatic heterocycles. The third-order valence-corrected chi connectivity index (χ3v) is 11.9. The fraction of sp³-hybridized carbons (Fsp3) is 0.904. The van der Waals surface area contributed by atoms with Gasteiger partial charge in [0, 0.05) is 12.8 Å². The molecule has 0 fully saturated rings. The summed E-state index contributed by atoms with van der Waals surface area (Å²) in [5, 5.41) is 11.1. The first kappa shape index (κ1) is 56.1. The van der Waals surface area contributed by atoms with E-state index < -0.39 is 5.97 Å². The van der Waals surface area contributed by atoms with Crippen LogP contribution in [0.1, 0.15) is 290 Å². The lowest BCUT2D eigenvalue weighted by Gasteiger charge is -2.18. The van der Waals surface area contributed by atoms with E-state index in [0.717, 1.165) is 64.2 Å². The van der Waals surface area contributed by atoms with E-state index in [4.69, 9.17) is 9.84 Å². The minimum absolute atomic E-state index is 0.00828. The number of nitrogens with one attached hydrogen (secondary N) is 1. The second kappa shape index (κ2) is 47.8. The number of unbranched alkanes of at least 4 members (excludes halogenated alkanes) is 35. The molecule has 0 aliphatic rings. The van der Waals surface area contributed by atoms with Crippen molar-refractivity contribution in [2.24, 2.45) is 0 Å². The van der Waals surface area contributed by atoms with Gasteiger partial charge in [-0.1, -0.05) is 225 Å². The van der Waals surface area contributed by atoms with Crippen molar-refractivity contribution in [1.82, 2.24) is 5.32 Å². The number of carboxylic acid groups (broad SMARTS) is 1. The van der Waals surface area contributed by atoms with Gasteiger partial charge in [0.1, 0.15) is 12.6 Å². The Bertz CT molecular complexity index is 904. The summed E-state index contributed by atoms with van der Waals surface area (Å²) in [6.45, 7) is 4.26. The molecule has 0 bridgehead atoms. The molecule has 342 valence electrons. The van der Waals surface area contributed by atoms with Crippen LogP contribution in [0.3, 0.4) is 0 Å². The number of hydrogen-bond acceptors (Lipinski definition) is 4. The minimum Gasteiger partial charge on any atom is -0.480 e. The van der Waals surface area contributed by atoms with Crippen LogP contribution in [0.4, 0.5) is 0 Å². The monoisotopic (exact) mass is 818 g/mol. The van der Waals surface area contributed by atoms with E-state index >= 15 is 0 Å². The zero-order chi connectivity index (χ0) is 42.3. The largest absolute Gasteiger partial charge is 0.480 e. The Labute approximate surface area is 361 Å². The molecule has 0 heterocycles. The van der Waals surface area contributed by atoms with Crippen molar-refractivity contribution < 1.29 is 24.2 Å². The average molecular weight is 818 g/mol. The highest BCUT2D eigenvalue weighted by Gasteiger charge is 2.14. The predicted molar refractivity (Wildman–Crippen MR) is 250 cm³/mol. The first-order chi connectivity index (χ1) is 28.5. The third kappa shape index (κ3) is 46.8. The summed E-state index contributed by atoms with van der Waals surface area (Å²) >= 11 is 0. The van der Waals surface area contributed by atoms with Crippen molar-refractivity contribution in [3.05, 3.63) is 12.2 Å². The van der Waals surface area contributed by atoms with Gasteiger partial charge < -0.3 is 15.2 Å². The SMILES string of the molecule is CCCCCCCCCC/C=C\CCCCCCCCCCCCCC(=O)OC(CCCCCCCCCCCCCCC)CCCCCCCC(=O)NCC(=O)O. The lowest BCUT2D eigenvalue weighted by molar-refractivity contribution is -0.150. The smallest absolute Gasteiger partial charge is 0.322 e. The van der Waals surface area contributed by atoms with Crippen molar-refractivity contribution in [2.45, 2.75) is 296 Å². The minimum atomic E-state index is -1.01. The van der Waals surface area contributed by atoms with E-state index in [1.807, 2.05) is 0 Å². The molecule has 0 aliphatic heterocycles. The molecule has 0 aliphatic carbocycles. The fourth-order valence-electron chi connectivity index (χ4n) is 8.10. The molecule has 2 N–H and O–H groups in total. The van der Waals surface area contributed by atoms with Crippen LogP contribution in [0.5, 0.6) is 0 Å². The maximum absolute atomic E-state index is 12.8. The molecule has 6 nitrogen and oxygen atoms in total. The molecule has 0 spiro atoms. The molecular weight excluding hydrogens is 719 g/mol. The van der Waals surface area contributed by atoms with E-state index in [0.29, 0.717) is 12.8 Å². The van der Waals surface area contributed by atoms with Crippen LogP contribution in [0.2, 0.25) is 0 Å². The zero-order valence-electron chi connectivity index (χ0n) is 38.9. The van der Waals surface area contributed by atoms with E-state index in [1.165, 1.54) is 199 Å². The van der Waals surface area contributed by atoms with Crippen LogP contribution in [0.25, 0.3) is 0 Å². The maximum atomic E-state index is 12.8. The van der Waals surface area contributed by atoms with Crippen LogP contribution in [-0.4, -0.2) is 35.6 Å². The van der Waals surface area contributed by atoms with Gasteiger partial charge in [0.2, 0.25) is 5.91 Å². The van der Waals surface area contributed by atoms with Crippen LogP contribution >= 0.6 is 0 Å². The number of ether oxygens (including phenoxy) is 1. The van der Waals surface area contributed by atoms with Gasteiger partial charge in [0.05, 0.1) is 0 Å². The Morgan fingerprint density at radius 1 is 0.431 bits per heavy atom. The molecule has 6 heteroatoms. The third-order valence-electron chi connectivity index (χ3n) is 11.9. The number of carbonyl (C=O) groups is 3. The second-order valence-electron chi connectivity index (χ2n) is 17.8. The molecule has 1 atom stereocenters. The topological polar surface area (TPSA) is 92.7 Å². The predicted octanol–water partition coefficient (Wildman–Crippen LogP) is 16.5. The molecule has 1 amide bonds. The molecule has 0 saturated heterocycles. The number of amides is 1. The van der Waals surface area contributed by atoms with Crippen molar-refractivity contribution in [1.29, 1.82) is 0 Å². The second-order valence-corrected chi connectivity index (χ2v) is 17.8. The fourth-order valence-corrected chi connectivity index (χ4v) is 8.10. The van der Waals surface area contributed by atoms with E-state index in [9.17, 15) is 14.4 Å². The highest BCUT2D eigenvalue weighted by atomic mass is 16.5.